The van der Waals surface area contributed by atoms with E-state index in [9.17, 15) is 13.6 Å². The Hall–Kier alpha value is -2.78. The van der Waals surface area contributed by atoms with Crippen LogP contribution in [0.15, 0.2) is 41.6 Å². The van der Waals surface area contributed by atoms with Crippen LogP contribution in [0.1, 0.15) is 31.6 Å². The fraction of sp³-hybridized carbons (Fsp3) is 0.238. The van der Waals surface area contributed by atoms with E-state index in [1.54, 1.807) is 24.5 Å². The molecule has 0 aliphatic carbocycles. The summed E-state index contributed by atoms with van der Waals surface area (Å²) >= 11 is 7.46. The first-order valence-corrected chi connectivity index (χ1v) is 11.1. The second-order valence-corrected chi connectivity index (χ2v) is 7.97. The lowest BCUT2D eigenvalue weighted by Gasteiger charge is -2.31. The van der Waals surface area contributed by atoms with Crippen molar-refractivity contribution in [3.8, 4) is 17.1 Å². The Morgan fingerprint density at radius 3 is 2.77 bits per heavy atom. The second-order valence-electron chi connectivity index (χ2n) is 6.76. The number of halogens is 3. The summed E-state index contributed by atoms with van der Waals surface area (Å²) in [6, 6.07) is 7.86. The van der Waals surface area contributed by atoms with Gasteiger partial charge in [-0.05, 0) is 49.1 Å². The van der Waals surface area contributed by atoms with Gasteiger partial charge in [0.05, 0.1) is 11.3 Å². The van der Waals surface area contributed by atoms with Crippen molar-refractivity contribution in [2.75, 3.05) is 11.2 Å². The molecule has 10 heteroatoms. The van der Waals surface area contributed by atoms with E-state index in [0.717, 1.165) is 18.2 Å². The topological polar surface area (TPSA) is 68.2 Å². The van der Waals surface area contributed by atoms with Gasteiger partial charge in [-0.1, -0.05) is 30.3 Å². The highest BCUT2D eigenvalue weighted by molar-refractivity contribution is 7.98. The average molecular weight is 463 g/mol. The first kappa shape index (κ1) is 21.5. The average Bonchev–Trinajstić information content (AvgIpc) is 2.89. The van der Waals surface area contributed by atoms with Gasteiger partial charge in [0, 0.05) is 17.0 Å². The molecular formula is C21H17ClF2N4O2S. The highest BCUT2D eigenvalue weighted by Crippen LogP contribution is 2.45. The molecule has 1 aromatic heterocycles. The maximum absolute atomic E-state index is 14.8. The van der Waals surface area contributed by atoms with Crippen molar-refractivity contribution in [2.24, 2.45) is 0 Å². The van der Waals surface area contributed by atoms with Gasteiger partial charge in [-0.25, -0.2) is 8.78 Å². The summed E-state index contributed by atoms with van der Waals surface area (Å²) in [6.45, 7) is 1.85. The molecule has 31 heavy (non-hydrogen) atoms. The maximum atomic E-state index is 14.8. The third kappa shape index (κ3) is 4.07. The van der Waals surface area contributed by atoms with Crippen LogP contribution < -0.4 is 9.64 Å². The molecule has 0 N–H and O–H groups in total. The predicted molar refractivity (Wildman–Crippen MR) is 114 cm³/mol. The minimum Gasteiger partial charge on any atom is -0.447 e. The van der Waals surface area contributed by atoms with Crippen LogP contribution in [0.5, 0.6) is 5.88 Å². The molecule has 2 heterocycles. The van der Waals surface area contributed by atoms with E-state index in [-0.39, 0.29) is 29.5 Å². The zero-order chi connectivity index (χ0) is 22.1. The Balaban J connectivity index is 2.02. The van der Waals surface area contributed by atoms with Crippen LogP contribution >= 0.6 is 23.4 Å². The largest absolute Gasteiger partial charge is 0.447 e. The molecule has 0 bridgehead atoms. The van der Waals surface area contributed by atoms with Gasteiger partial charge in [-0.3, -0.25) is 9.69 Å². The van der Waals surface area contributed by atoms with Crippen molar-refractivity contribution >= 4 is 35.0 Å². The number of rotatable bonds is 4. The Kier molecular flexibility index (Phi) is 6.06. The van der Waals surface area contributed by atoms with Crippen LogP contribution in [0.25, 0.3) is 11.3 Å². The van der Waals surface area contributed by atoms with Gasteiger partial charge in [0.25, 0.3) is 0 Å². The Bertz CT molecular complexity index is 1160. The van der Waals surface area contributed by atoms with Crippen molar-refractivity contribution in [3.63, 3.8) is 0 Å². The van der Waals surface area contributed by atoms with Crippen molar-refractivity contribution in [3.05, 3.63) is 58.6 Å². The first-order chi connectivity index (χ1) is 14.9. The number of anilines is 1. The predicted octanol–water partition coefficient (Wildman–Crippen LogP) is 5.42. The van der Waals surface area contributed by atoms with Gasteiger partial charge in [0.15, 0.2) is 5.69 Å². The molecule has 1 aliphatic rings. The smallest absolute Gasteiger partial charge is 0.247 e. The van der Waals surface area contributed by atoms with Crippen LogP contribution in [0.2, 0.25) is 5.02 Å². The molecule has 2 aromatic carbocycles. The summed E-state index contributed by atoms with van der Waals surface area (Å²) in [7, 11) is 0. The number of carbonyl (C=O) groups is 1. The zero-order valence-corrected chi connectivity index (χ0v) is 18.2. The quantitative estimate of drug-likeness (QED) is 0.482. The summed E-state index contributed by atoms with van der Waals surface area (Å²) in [5, 5.41) is 9.00. The number of ether oxygens (including phenoxy) is 1. The van der Waals surface area contributed by atoms with E-state index < -0.39 is 17.9 Å². The van der Waals surface area contributed by atoms with Crippen LogP contribution in [0.4, 0.5) is 14.5 Å². The molecule has 4 rings (SSSR count). The number of thioether (sulfide) groups is 1. The number of amides is 1. The van der Waals surface area contributed by atoms with Crippen LogP contribution in [-0.4, -0.2) is 27.3 Å². The van der Waals surface area contributed by atoms with E-state index in [1.165, 1.54) is 16.7 Å². The van der Waals surface area contributed by atoms with E-state index in [1.807, 2.05) is 6.92 Å². The van der Waals surface area contributed by atoms with Gasteiger partial charge in [0.1, 0.15) is 11.6 Å². The Labute approximate surface area is 186 Å². The standard InChI is InChI=1S/C21H17ClF2N4O2S/c1-3-4-17(29)28-16-8-5-11(22)9-14(16)18-19(25-21(31-2)27-26-18)30-20(28)13-10-12(23)6-7-15(13)24/h5-10,20H,3-4H2,1-2H3/t20-/m0/s1. The molecular weight excluding hydrogens is 446 g/mol. The van der Waals surface area contributed by atoms with Crippen molar-refractivity contribution in [1.82, 2.24) is 15.2 Å². The molecule has 3 aromatic rings. The highest BCUT2D eigenvalue weighted by atomic mass is 35.5. The normalized spacial score (nSPS) is 15.0. The third-order valence-corrected chi connectivity index (χ3v) is 5.48. The second kappa shape index (κ2) is 8.76. The third-order valence-electron chi connectivity index (χ3n) is 4.71. The molecule has 1 amide bonds. The number of carbonyl (C=O) groups excluding carboxylic acids is 1. The van der Waals surface area contributed by atoms with Crippen molar-refractivity contribution in [2.45, 2.75) is 31.1 Å². The summed E-state index contributed by atoms with van der Waals surface area (Å²) in [4.78, 5) is 18.8. The van der Waals surface area contributed by atoms with Gasteiger partial charge in [-0.15, -0.1) is 10.2 Å². The number of benzene rings is 2. The van der Waals surface area contributed by atoms with Gasteiger partial charge < -0.3 is 4.74 Å². The van der Waals surface area contributed by atoms with Crippen LogP contribution in [0.3, 0.4) is 0 Å². The SMILES string of the molecule is CCCC(=O)N1c2ccc(Cl)cc2-c2nnc(SC)nc2O[C@H]1c1cc(F)ccc1F. The van der Waals surface area contributed by atoms with Gasteiger partial charge >= 0.3 is 0 Å². The molecule has 160 valence electrons. The van der Waals surface area contributed by atoms with E-state index in [0.29, 0.717) is 27.9 Å². The molecule has 1 aliphatic heterocycles. The number of hydrogen-bond donors (Lipinski definition) is 0. The summed E-state index contributed by atoms with van der Waals surface area (Å²) in [5.74, 6) is -1.66. The van der Waals surface area contributed by atoms with Crippen molar-refractivity contribution in [1.29, 1.82) is 0 Å². The number of fused-ring (bicyclic) bond motifs is 3. The Morgan fingerprint density at radius 2 is 2.03 bits per heavy atom. The molecule has 6 nitrogen and oxygen atoms in total. The maximum Gasteiger partial charge on any atom is 0.247 e. The fourth-order valence-electron chi connectivity index (χ4n) is 3.33. The van der Waals surface area contributed by atoms with Gasteiger partial charge in [-0.2, -0.15) is 4.98 Å². The molecule has 0 spiro atoms. The van der Waals surface area contributed by atoms with Crippen LogP contribution in [-0.2, 0) is 4.79 Å². The molecule has 0 saturated heterocycles. The monoisotopic (exact) mass is 462 g/mol. The molecule has 0 fully saturated rings. The minimum atomic E-state index is -1.30. The van der Waals surface area contributed by atoms with Gasteiger partial charge in [0.2, 0.25) is 23.2 Å². The summed E-state index contributed by atoms with van der Waals surface area (Å²) < 4.78 is 34.9. The van der Waals surface area contributed by atoms with Crippen molar-refractivity contribution < 1.29 is 18.3 Å². The first-order valence-electron chi connectivity index (χ1n) is 9.45. The highest BCUT2D eigenvalue weighted by Gasteiger charge is 2.37. The molecule has 0 saturated carbocycles. The molecule has 0 unspecified atom stereocenters. The van der Waals surface area contributed by atoms with Crippen LogP contribution in [0, 0.1) is 11.6 Å². The lowest BCUT2D eigenvalue weighted by molar-refractivity contribution is -0.120. The lowest BCUT2D eigenvalue weighted by Crippen LogP contribution is -2.38. The summed E-state index contributed by atoms with van der Waals surface area (Å²) in [5.41, 5.74) is 0.966. The zero-order valence-electron chi connectivity index (χ0n) is 16.6. The van der Waals surface area contributed by atoms with E-state index >= 15 is 0 Å². The summed E-state index contributed by atoms with van der Waals surface area (Å²) in [6.07, 6.45) is 1.19. The Morgan fingerprint density at radius 1 is 1.23 bits per heavy atom. The van der Waals surface area contributed by atoms with E-state index in [4.69, 9.17) is 16.3 Å². The van der Waals surface area contributed by atoms with E-state index in [2.05, 4.69) is 15.2 Å². The minimum absolute atomic E-state index is 0.0447. The molecule has 1 atom stereocenters. The lowest BCUT2D eigenvalue weighted by atomic mass is 10.1. The number of hydrogen-bond acceptors (Lipinski definition) is 6. The number of nitrogens with zero attached hydrogens (tertiary/aromatic N) is 4. The fourth-order valence-corrected chi connectivity index (χ4v) is 3.80. The number of aromatic nitrogens is 3. The molecule has 0 radical (unpaired) electrons.